The Kier molecular flexibility index (Phi) is 5.28. The molecule has 1 aromatic rings. The molecule has 0 unspecified atom stereocenters. The molecule has 0 aliphatic carbocycles. The van der Waals surface area contributed by atoms with Crippen LogP contribution in [-0.2, 0) is 11.2 Å². The summed E-state index contributed by atoms with van der Waals surface area (Å²) in [5, 5.41) is 12.8. The van der Waals surface area contributed by atoms with Gasteiger partial charge in [0.2, 0.25) is 0 Å². The molecule has 19 heavy (non-hydrogen) atoms. The highest BCUT2D eigenvalue weighted by Crippen LogP contribution is 2.12. The maximum atomic E-state index is 9.23. The third-order valence-electron chi connectivity index (χ3n) is 3.52. The summed E-state index contributed by atoms with van der Waals surface area (Å²) < 4.78 is 5.53. The van der Waals surface area contributed by atoms with Crippen LogP contribution in [0.3, 0.4) is 0 Å². The lowest BCUT2D eigenvalue weighted by molar-refractivity contribution is 0.119. The topological polar surface area (TPSA) is 41.5 Å². The van der Waals surface area contributed by atoms with Gasteiger partial charge in [-0.25, -0.2) is 0 Å². The molecule has 0 saturated heterocycles. The Hall–Kier alpha value is -1.48. The summed E-state index contributed by atoms with van der Waals surface area (Å²) in [6.07, 6.45) is 8.55. The van der Waals surface area contributed by atoms with E-state index >= 15 is 0 Å². The van der Waals surface area contributed by atoms with Crippen LogP contribution in [0.1, 0.15) is 31.7 Å². The van der Waals surface area contributed by atoms with Crippen LogP contribution in [0.2, 0.25) is 0 Å². The number of aryl methyl sites for hydroxylation is 1. The standard InChI is InChI=1S/C16H23NO2/c1-13(17-12-16-4-2-3-11-19-16)5-6-14-7-9-15(18)10-8-14/h3,7-11,13,16-18H,2,4-6,12H2,1H3/t13-,16-/m0/s1. The lowest BCUT2D eigenvalue weighted by Crippen LogP contribution is -2.35. The first-order valence-electron chi connectivity index (χ1n) is 7.06. The molecule has 2 N–H and O–H groups in total. The monoisotopic (exact) mass is 261 g/mol. The number of hydrogen-bond donors (Lipinski definition) is 2. The molecule has 0 aromatic heterocycles. The number of allylic oxidation sites excluding steroid dienone is 1. The summed E-state index contributed by atoms with van der Waals surface area (Å²) in [6.45, 7) is 3.13. The minimum atomic E-state index is 0.320. The molecule has 0 amide bonds. The smallest absolute Gasteiger partial charge is 0.115 e. The molecule has 1 aromatic carbocycles. The Morgan fingerprint density at radius 3 is 2.84 bits per heavy atom. The highest BCUT2D eigenvalue weighted by atomic mass is 16.5. The van der Waals surface area contributed by atoms with E-state index in [1.54, 1.807) is 12.1 Å². The zero-order valence-corrected chi connectivity index (χ0v) is 11.5. The normalized spacial score (nSPS) is 19.9. The summed E-state index contributed by atoms with van der Waals surface area (Å²) in [7, 11) is 0. The van der Waals surface area contributed by atoms with E-state index in [4.69, 9.17) is 4.74 Å². The Morgan fingerprint density at radius 2 is 2.16 bits per heavy atom. The SMILES string of the molecule is C[C@@H](CCc1ccc(O)cc1)NC[C@@H]1CCC=CO1. The number of phenolic OH excluding ortho intramolecular Hbond substituents is 1. The van der Waals surface area contributed by atoms with E-state index in [2.05, 4.69) is 18.3 Å². The van der Waals surface area contributed by atoms with Gasteiger partial charge in [-0.2, -0.15) is 0 Å². The van der Waals surface area contributed by atoms with E-state index in [1.165, 1.54) is 5.56 Å². The minimum absolute atomic E-state index is 0.320. The van der Waals surface area contributed by atoms with Crippen molar-refractivity contribution in [2.45, 2.75) is 44.8 Å². The molecular weight excluding hydrogens is 238 g/mol. The van der Waals surface area contributed by atoms with Gasteiger partial charge in [0, 0.05) is 12.6 Å². The van der Waals surface area contributed by atoms with Crippen LogP contribution in [0.25, 0.3) is 0 Å². The van der Waals surface area contributed by atoms with Gasteiger partial charge < -0.3 is 15.2 Å². The summed E-state index contributed by atoms with van der Waals surface area (Å²) in [4.78, 5) is 0. The minimum Gasteiger partial charge on any atom is -0.508 e. The zero-order chi connectivity index (χ0) is 13.5. The number of rotatable bonds is 6. The first kappa shape index (κ1) is 13.9. The number of phenols is 1. The Labute approximate surface area is 115 Å². The molecule has 2 atom stereocenters. The Bertz CT molecular complexity index is 400. The van der Waals surface area contributed by atoms with Crippen molar-refractivity contribution >= 4 is 0 Å². The molecule has 3 heteroatoms. The predicted molar refractivity (Wildman–Crippen MR) is 77.1 cm³/mol. The molecule has 0 fully saturated rings. The number of nitrogens with one attached hydrogen (secondary N) is 1. The van der Waals surface area contributed by atoms with Crippen molar-refractivity contribution < 1.29 is 9.84 Å². The highest BCUT2D eigenvalue weighted by molar-refractivity contribution is 5.25. The van der Waals surface area contributed by atoms with Crippen LogP contribution in [0.15, 0.2) is 36.6 Å². The zero-order valence-electron chi connectivity index (χ0n) is 11.5. The molecule has 0 radical (unpaired) electrons. The van der Waals surface area contributed by atoms with Gasteiger partial charge in [0.05, 0.1) is 6.26 Å². The molecule has 1 heterocycles. The first-order chi connectivity index (χ1) is 9.24. The van der Waals surface area contributed by atoms with E-state index in [0.29, 0.717) is 17.9 Å². The average molecular weight is 261 g/mol. The lowest BCUT2D eigenvalue weighted by Gasteiger charge is -2.22. The molecule has 0 bridgehead atoms. The summed E-state index contributed by atoms with van der Waals surface area (Å²) >= 11 is 0. The van der Waals surface area contributed by atoms with E-state index in [-0.39, 0.29) is 0 Å². The lowest BCUT2D eigenvalue weighted by atomic mass is 10.1. The van der Waals surface area contributed by atoms with Gasteiger partial charge in [-0.3, -0.25) is 0 Å². The fourth-order valence-electron chi connectivity index (χ4n) is 2.22. The Balaban J connectivity index is 1.65. The van der Waals surface area contributed by atoms with Crippen LogP contribution in [0.4, 0.5) is 0 Å². The van der Waals surface area contributed by atoms with Gasteiger partial charge in [-0.1, -0.05) is 12.1 Å². The molecule has 3 nitrogen and oxygen atoms in total. The van der Waals surface area contributed by atoms with Crippen LogP contribution < -0.4 is 5.32 Å². The van der Waals surface area contributed by atoms with Crippen molar-refractivity contribution in [1.82, 2.24) is 5.32 Å². The number of hydrogen-bond acceptors (Lipinski definition) is 3. The molecule has 0 saturated carbocycles. The van der Waals surface area contributed by atoms with Gasteiger partial charge in [0.1, 0.15) is 11.9 Å². The maximum Gasteiger partial charge on any atom is 0.115 e. The van der Waals surface area contributed by atoms with Gasteiger partial charge in [0.25, 0.3) is 0 Å². The van der Waals surface area contributed by atoms with Gasteiger partial charge in [-0.15, -0.1) is 0 Å². The van der Waals surface area contributed by atoms with Crippen LogP contribution in [0.5, 0.6) is 5.75 Å². The van der Waals surface area contributed by atoms with Crippen LogP contribution in [0, 0.1) is 0 Å². The van der Waals surface area contributed by atoms with Crippen molar-refractivity contribution in [1.29, 1.82) is 0 Å². The average Bonchev–Trinajstić information content (AvgIpc) is 2.45. The second-order valence-corrected chi connectivity index (χ2v) is 5.22. The van der Waals surface area contributed by atoms with Crippen LogP contribution >= 0.6 is 0 Å². The fraction of sp³-hybridized carbons (Fsp3) is 0.500. The van der Waals surface area contributed by atoms with E-state index in [9.17, 15) is 5.11 Å². The van der Waals surface area contributed by atoms with Gasteiger partial charge in [-0.05, 0) is 56.4 Å². The van der Waals surface area contributed by atoms with Gasteiger partial charge >= 0.3 is 0 Å². The molecule has 2 rings (SSSR count). The summed E-state index contributed by atoms with van der Waals surface area (Å²) in [5.74, 6) is 0.331. The molecule has 1 aliphatic rings. The number of aromatic hydroxyl groups is 1. The van der Waals surface area contributed by atoms with Crippen molar-refractivity contribution in [3.63, 3.8) is 0 Å². The van der Waals surface area contributed by atoms with Crippen LogP contribution in [-0.4, -0.2) is 23.8 Å². The predicted octanol–water partition coefficient (Wildman–Crippen LogP) is 3.00. The molecule has 1 aliphatic heterocycles. The third-order valence-corrected chi connectivity index (χ3v) is 3.52. The van der Waals surface area contributed by atoms with E-state index in [0.717, 1.165) is 32.2 Å². The number of benzene rings is 1. The Morgan fingerprint density at radius 1 is 1.37 bits per heavy atom. The highest BCUT2D eigenvalue weighted by Gasteiger charge is 2.12. The molecule has 0 spiro atoms. The van der Waals surface area contributed by atoms with Crippen molar-refractivity contribution in [2.24, 2.45) is 0 Å². The molecule has 104 valence electrons. The second kappa shape index (κ2) is 7.19. The van der Waals surface area contributed by atoms with Crippen molar-refractivity contribution in [3.05, 3.63) is 42.2 Å². The fourth-order valence-corrected chi connectivity index (χ4v) is 2.22. The maximum absolute atomic E-state index is 9.23. The van der Waals surface area contributed by atoms with E-state index < -0.39 is 0 Å². The second-order valence-electron chi connectivity index (χ2n) is 5.22. The van der Waals surface area contributed by atoms with Crippen molar-refractivity contribution in [3.8, 4) is 5.75 Å². The summed E-state index contributed by atoms with van der Waals surface area (Å²) in [6, 6.07) is 7.93. The van der Waals surface area contributed by atoms with Crippen molar-refractivity contribution in [2.75, 3.05) is 6.54 Å². The van der Waals surface area contributed by atoms with Gasteiger partial charge in [0.15, 0.2) is 0 Å². The quantitative estimate of drug-likeness (QED) is 0.827. The molecular formula is C16H23NO2. The third kappa shape index (κ3) is 4.95. The number of ether oxygens (including phenoxy) is 1. The first-order valence-corrected chi connectivity index (χ1v) is 7.06. The van der Waals surface area contributed by atoms with E-state index in [1.807, 2.05) is 18.4 Å². The summed E-state index contributed by atoms with van der Waals surface area (Å²) in [5.41, 5.74) is 1.27. The largest absolute Gasteiger partial charge is 0.508 e.